The molecule has 26 heavy (non-hydrogen) atoms. The number of anilines is 1. The monoisotopic (exact) mass is 356 g/mol. The van der Waals surface area contributed by atoms with Gasteiger partial charge in [-0.05, 0) is 24.6 Å². The van der Waals surface area contributed by atoms with Crippen LogP contribution in [-0.4, -0.2) is 60.2 Å². The van der Waals surface area contributed by atoms with Gasteiger partial charge in [0.25, 0.3) is 5.91 Å². The Hall–Kier alpha value is -2.54. The molecule has 7 heteroatoms. The number of morpholine rings is 1. The van der Waals surface area contributed by atoms with E-state index in [1.807, 2.05) is 0 Å². The molecule has 1 saturated heterocycles. The third-order valence-corrected chi connectivity index (χ3v) is 4.93. The van der Waals surface area contributed by atoms with Gasteiger partial charge in [-0.2, -0.15) is 0 Å². The van der Waals surface area contributed by atoms with E-state index >= 15 is 0 Å². The highest BCUT2D eigenvalue weighted by molar-refractivity contribution is 5.94. The summed E-state index contributed by atoms with van der Waals surface area (Å²) in [5.74, 6) is 0.422. The molecule has 0 unspecified atom stereocenters. The van der Waals surface area contributed by atoms with Gasteiger partial charge in [0.15, 0.2) is 0 Å². The largest absolute Gasteiger partial charge is 0.378 e. The van der Waals surface area contributed by atoms with Crippen molar-refractivity contribution in [3.63, 3.8) is 0 Å². The number of ether oxygens (including phenoxy) is 1. The molecule has 2 aromatic rings. The van der Waals surface area contributed by atoms with E-state index in [1.54, 1.807) is 23.4 Å². The SMILES string of the molecule is O=C(c1cccc(F)c1)N1CCc2ncnc(N3CCOCC3)c2CC1. The summed E-state index contributed by atoms with van der Waals surface area (Å²) in [5.41, 5.74) is 2.50. The molecule has 1 amide bonds. The van der Waals surface area contributed by atoms with Crippen molar-refractivity contribution in [2.45, 2.75) is 12.8 Å². The number of nitrogens with zero attached hydrogens (tertiary/aromatic N) is 4. The molecular weight excluding hydrogens is 335 g/mol. The second-order valence-corrected chi connectivity index (χ2v) is 6.52. The lowest BCUT2D eigenvalue weighted by Crippen LogP contribution is -2.37. The van der Waals surface area contributed by atoms with Gasteiger partial charge < -0.3 is 14.5 Å². The average molecular weight is 356 g/mol. The maximum absolute atomic E-state index is 13.4. The minimum absolute atomic E-state index is 0.141. The number of carbonyl (C=O) groups excluding carboxylic acids is 1. The smallest absolute Gasteiger partial charge is 0.253 e. The Kier molecular flexibility index (Phi) is 4.79. The molecular formula is C19H21FN4O2. The first kappa shape index (κ1) is 16.9. The van der Waals surface area contributed by atoms with E-state index in [4.69, 9.17) is 4.74 Å². The fourth-order valence-electron chi connectivity index (χ4n) is 3.56. The summed E-state index contributed by atoms with van der Waals surface area (Å²) in [6, 6.07) is 5.86. The van der Waals surface area contributed by atoms with Crippen LogP contribution in [0.25, 0.3) is 0 Å². The van der Waals surface area contributed by atoms with Crippen molar-refractivity contribution in [3.8, 4) is 0 Å². The fourth-order valence-corrected chi connectivity index (χ4v) is 3.56. The molecule has 0 N–H and O–H groups in total. The van der Waals surface area contributed by atoms with Gasteiger partial charge in [0.2, 0.25) is 0 Å². The number of hydrogen-bond acceptors (Lipinski definition) is 5. The maximum Gasteiger partial charge on any atom is 0.253 e. The van der Waals surface area contributed by atoms with Gasteiger partial charge >= 0.3 is 0 Å². The normalized spacial score (nSPS) is 17.6. The lowest BCUT2D eigenvalue weighted by Gasteiger charge is -2.29. The van der Waals surface area contributed by atoms with Gasteiger partial charge in [0.05, 0.1) is 18.9 Å². The highest BCUT2D eigenvalue weighted by Gasteiger charge is 2.25. The van der Waals surface area contributed by atoms with E-state index in [9.17, 15) is 9.18 Å². The van der Waals surface area contributed by atoms with Crippen molar-refractivity contribution < 1.29 is 13.9 Å². The van der Waals surface area contributed by atoms with Crippen molar-refractivity contribution in [1.29, 1.82) is 0 Å². The summed E-state index contributed by atoms with van der Waals surface area (Å²) in [5, 5.41) is 0. The molecule has 4 rings (SSSR count). The summed E-state index contributed by atoms with van der Waals surface area (Å²) < 4.78 is 18.9. The van der Waals surface area contributed by atoms with Crippen molar-refractivity contribution in [2.75, 3.05) is 44.3 Å². The summed E-state index contributed by atoms with van der Waals surface area (Å²) in [6.45, 7) is 4.17. The van der Waals surface area contributed by atoms with Crippen molar-refractivity contribution in [3.05, 3.63) is 53.2 Å². The highest BCUT2D eigenvalue weighted by Crippen LogP contribution is 2.25. The van der Waals surface area contributed by atoms with E-state index in [0.717, 1.165) is 30.2 Å². The second-order valence-electron chi connectivity index (χ2n) is 6.52. The Morgan fingerprint density at radius 2 is 1.88 bits per heavy atom. The molecule has 0 bridgehead atoms. The summed E-state index contributed by atoms with van der Waals surface area (Å²) >= 11 is 0. The first-order valence-corrected chi connectivity index (χ1v) is 8.92. The average Bonchev–Trinajstić information content (AvgIpc) is 2.91. The molecule has 2 aliphatic heterocycles. The van der Waals surface area contributed by atoms with Gasteiger partial charge in [-0.15, -0.1) is 0 Å². The highest BCUT2D eigenvalue weighted by atomic mass is 19.1. The standard InChI is InChI=1S/C19H21FN4O2/c20-15-3-1-2-14(12-15)19(25)24-6-4-16-17(5-7-24)21-13-22-18(16)23-8-10-26-11-9-23/h1-3,12-13H,4-11H2. The Morgan fingerprint density at radius 3 is 2.69 bits per heavy atom. The predicted octanol–water partition coefficient (Wildman–Crippen LogP) is 1.69. The van der Waals surface area contributed by atoms with Crippen LogP contribution in [0.15, 0.2) is 30.6 Å². The molecule has 1 aromatic heterocycles. The van der Waals surface area contributed by atoms with Gasteiger partial charge in [-0.25, -0.2) is 14.4 Å². The molecule has 0 radical (unpaired) electrons. The molecule has 0 saturated carbocycles. The van der Waals surface area contributed by atoms with Crippen LogP contribution in [0.3, 0.4) is 0 Å². The molecule has 2 aliphatic rings. The van der Waals surface area contributed by atoms with Crippen LogP contribution >= 0.6 is 0 Å². The van der Waals surface area contributed by atoms with Crippen LogP contribution < -0.4 is 4.90 Å². The summed E-state index contributed by atoms with van der Waals surface area (Å²) in [4.78, 5) is 25.7. The molecule has 1 fully saturated rings. The Bertz CT molecular complexity index is 808. The molecule has 0 atom stereocenters. The first-order chi connectivity index (χ1) is 12.7. The quantitative estimate of drug-likeness (QED) is 0.820. The Labute approximate surface area is 151 Å². The lowest BCUT2D eigenvalue weighted by atomic mass is 10.1. The van der Waals surface area contributed by atoms with E-state index in [2.05, 4.69) is 14.9 Å². The van der Waals surface area contributed by atoms with Crippen LogP contribution in [0.2, 0.25) is 0 Å². The minimum atomic E-state index is -0.394. The topological polar surface area (TPSA) is 58.6 Å². The van der Waals surface area contributed by atoms with Gasteiger partial charge in [0.1, 0.15) is 18.0 Å². The number of benzene rings is 1. The fraction of sp³-hybridized carbons (Fsp3) is 0.421. The van der Waals surface area contributed by atoms with E-state index in [1.165, 1.54) is 12.1 Å². The van der Waals surface area contributed by atoms with Gasteiger partial charge in [-0.1, -0.05) is 6.07 Å². The first-order valence-electron chi connectivity index (χ1n) is 8.92. The Balaban J connectivity index is 1.54. The van der Waals surface area contributed by atoms with Crippen molar-refractivity contribution >= 4 is 11.7 Å². The number of carbonyl (C=O) groups is 1. The summed E-state index contributed by atoms with van der Waals surface area (Å²) in [7, 11) is 0. The van der Waals surface area contributed by atoms with E-state index in [0.29, 0.717) is 44.7 Å². The third-order valence-electron chi connectivity index (χ3n) is 4.93. The van der Waals surface area contributed by atoms with Gasteiger partial charge in [-0.3, -0.25) is 4.79 Å². The van der Waals surface area contributed by atoms with Crippen LogP contribution in [0.5, 0.6) is 0 Å². The zero-order valence-electron chi connectivity index (χ0n) is 14.5. The number of aromatic nitrogens is 2. The number of hydrogen-bond donors (Lipinski definition) is 0. The summed E-state index contributed by atoms with van der Waals surface area (Å²) in [6.07, 6.45) is 2.98. The van der Waals surface area contributed by atoms with E-state index < -0.39 is 5.82 Å². The minimum Gasteiger partial charge on any atom is -0.378 e. The molecule has 1 aromatic carbocycles. The molecule has 6 nitrogen and oxygen atoms in total. The van der Waals surface area contributed by atoms with Crippen LogP contribution in [0.1, 0.15) is 21.6 Å². The number of amides is 1. The zero-order valence-corrected chi connectivity index (χ0v) is 14.5. The number of rotatable bonds is 2. The van der Waals surface area contributed by atoms with Gasteiger partial charge in [0, 0.05) is 43.7 Å². The molecule has 0 spiro atoms. The second kappa shape index (κ2) is 7.37. The van der Waals surface area contributed by atoms with Crippen LogP contribution in [0, 0.1) is 5.82 Å². The molecule has 136 valence electrons. The van der Waals surface area contributed by atoms with E-state index in [-0.39, 0.29) is 5.91 Å². The lowest BCUT2D eigenvalue weighted by molar-refractivity contribution is 0.0762. The third kappa shape index (κ3) is 3.39. The molecule has 3 heterocycles. The Morgan fingerprint density at radius 1 is 1.08 bits per heavy atom. The predicted molar refractivity (Wildman–Crippen MR) is 94.8 cm³/mol. The maximum atomic E-state index is 13.4. The number of fused-ring (bicyclic) bond motifs is 1. The number of halogens is 1. The zero-order chi connectivity index (χ0) is 17.9. The van der Waals surface area contributed by atoms with Crippen molar-refractivity contribution in [2.24, 2.45) is 0 Å². The van der Waals surface area contributed by atoms with Crippen molar-refractivity contribution in [1.82, 2.24) is 14.9 Å². The molecule has 0 aliphatic carbocycles. The van der Waals surface area contributed by atoms with Crippen LogP contribution in [-0.2, 0) is 17.6 Å². The van der Waals surface area contributed by atoms with Crippen LogP contribution in [0.4, 0.5) is 10.2 Å².